The molecule has 2 N–H and O–H groups in total. The van der Waals surface area contributed by atoms with Crippen molar-refractivity contribution < 1.29 is 19.8 Å². The first kappa shape index (κ1) is 13.0. The van der Waals surface area contributed by atoms with Gasteiger partial charge in [0.05, 0.1) is 18.6 Å². The number of carbonyl (C=O) groups excluding carboxylic acids is 2. The number of nitrogens with zero attached hydrogens (tertiary/aromatic N) is 1. The van der Waals surface area contributed by atoms with E-state index in [9.17, 15) is 19.8 Å². The zero-order chi connectivity index (χ0) is 12.8. The second kappa shape index (κ2) is 5.89. The Labute approximate surface area is 97.9 Å². The topological polar surface area (TPSA) is 98.4 Å². The summed E-state index contributed by atoms with van der Waals surface area (Å²) in [6.07, 6.45) is -2.07. The summed E-state index contributed by atoms with van der Waals surface area (Å²) in [6.45, 7) is 0. The van der Waals surface area contributed by atoms with Gasteiger partial charge in [-0.2, -0.15) is 5.26 Å². The van der Waals surface area contributed by atoms with Crippen molar-refractivity contribution in [1.82, 2.24) is 0 Å². The van der Waals surface area contributed by atoms with Crippen molar-refractivity contribution in [1.29, 1.82) is 5.26 Å². The van der Waals surface area contributed by atoms with E-state index in [4.69, 9.17) is 5.26 Å². The molecule has 0 aliphatic carbocycles. The number of rotatable bonds is 5. The molecule has 0 bridgehead atoms. The van der Waals surface area contributed by atoms with Gasteiger partial charge in [0.1, 0.15) is 18.7 Å². The Morgan fingerprint density at radius 2 is 1.76 bits per heavy atom. The van der Waals surface area contributed by atoms with Crippen LogP contribution in [-0.4, -0.2) is 28.9 Å². The molecule has 0 aromatic heterocycles. The highest BCUT2D eigenvalue weighted by Gasteiger charge is 2.23. The molecule has 1 aromatic rings. The van der Waals surface area contributed by atoms with E-state index in [1.165, 1.54) is 18.2 Å². The van der Waals surface area contributed by atoms with Crippen LogP contribution in [0.15, 0.2) is 18.2 Å². The lowest BCUT2D eigenvalue weighted by Crippen LogP contribution is -2.20. The van der Waals surface area contributed by atoms with Crippen LogP contribution in [-0.2, 0) is 0 Å². The fourth-order valence-electron chi connectivity index (χ4n) is 1.55. The lowest BCUT2D eigenvalue weighted by Gasteiger charge is -2.18. The molecule has 2 atom stereocenters. The lowest BCUT2D eigenvalue weighted by atomic mass is 9.93. The minimum atomic E-state index is -1.43. The smallest absolute Gasteiger partial charge is 0.150 e. The van der Waals surface area contributed by atoms with Crippen molar-refractivity contribution >= 4 is 12.6 Å². The third kappa shape index (κ3) is 2.75. The average Bonchev–Trinajstić information content (AvgIpc) is 2.37. The molecule has 2 unspecified atom stereocenters. The van der Waals surface area contributed by atoms with E-state index < -0.39 is 12.2 Å². The summed E-state index contributed by atoms with van der Waals surface area (Å²) >= 11 is 0. The van der Waals surface area contributed by atoms with Gasteiger partial charge < -0.3 is 10.2 Å². The fraction of sp³-hybridized carbons (Fsp3) is 0.250. The first-order chi connectivity index (χ1) is 8.15. The van der Waals surface area contributed by atoms with Crippen molar-refractivity contribution in [2.75, 3.05) is 0 Å². The molecule has 0 aliphatic rings. The predicted octanol–water partition coefficient (Wildman–Crippen LogP) is 0.620. The highest BCUT2D eigenvalue weighted by Crippen LogP contribution is 2.24. The first-order valence-electron chi connectivity index (χ1n) is 4.92. The van der Waals surface area contributed by atoms with Crippen LogP contribution in [0, 0.1) is 11.3 Å². The minimum Gasteiger partial charge on any atom is -0.389 e. The highest BCUT2D eigenvalue weighted by atomic mass is 16.3. The number of aliphatic hydroxyl groups is 2. The van der Waals surface area contributed by atoms with E-state index >= 15 is 0 Å². The summed E-state index contributed by atoms with van der Waals surface area (Å²) in [6, 6.07) is 6.06. The molecule has 5 nitrogen and oxygen atoms in total. The molecule has 1 rings (SSSR count). The summed E-state index contributed by atoms with van der Waals surface area (Å²) in [7, 11) is 0. The molecular formula is C12H11NO4. The summed E-state index contributed by atoms with van der Waals surface area (Å²) in [5, 5.41) is 27.8. The Bertz CT molecular complexity index is 438. The third-order valence-electron chi connectivity index (χ3n) is 2.39. The van der Waals surface area contributed by atoms with E-state index in [0.29, 0.717) is 12.6 Å². The monoisotopic (exact) mass is 233 g/mol. The molecule has 0 spiro atoms. The van der Waals surface area contributed by atoms with Gasteiger partial charge in [-0.3, -0.25) is 9.59 Å². The zero-order valence-corrected chi connectivity index (χ0v) is 8.91. The van der Waals surface area contributed by atoms with Crippen LogP contribution in [0.5, 0.6) is 0 Å². The summed E-state index contributed by atoms with van der Waals surface area (Å²) in [5.41, 5.74) is 0.304. The predicted molar refractivity (Wildman–Crippen MR) is 58.4 cm³/mol. The van der Waals surface area contributed by atoms with Gasteiger partial charge in [0, 0.05) is 16.7 Å². The van der Waals surface area contributed by atoms with Crippen LogP contribution in [0.25, 0.3) is 0 Å². The van der Waals surface area contributed by atoms with Gasteiger partial charge in [-0.05, 0) is 0 Å². The standard InChI is InChI=1S/C12H11NO4/c13-5-4-10(16)12(17)11-8(6-14)2-1-3-9(11)7-15/h1-3,6-7,10,12,16-17H,4H2. The van der Waals surface area contributed by atoms with E-state index in [1.54, 1.807) is 6.07 Å². The highest BCUT2D eigenvalue weighted by molar-refractivity contribution is 5.86. The van der Waals surface area contributed by atoms with Gasteiger partial charge >= 0.3 is 0 Å². The molecule has 5 heteroatoms. The minimum absolute atomic E-state index is 0.0558. The quantitative estimate of drug-likeness (QED) is 0.726. The Balaban J connectivity index is 3.23. The third-order valence-corrected chi connectivity index (χ3v) is 2.39. The first-order valence-corrected chi connectivity index (χ1v) is 4.92. The number of hydrogen-bond donors (Lipinski definition) is 2. The summed E-state index contributed by atoms with van der Waals surface area (Å²) in [4.78, 5) is 21.6. The Kier molecular flexibility index (Phi) is 4.52. The van der Waals surface area contributed by atoms with Gasteiger partial charge in [0.25, 0.3) is 0 Å². The molecule has 1 aromatic carbocycles. The number of benzene rings is 1. The lowest BCUT2D eigenvalue weighted by molar-refractivity contribution is 0.0209. The van der Waals surface area contributed by atoms with Crippen molar-refractivity contribution in [2.45, 2.75) is 18.6 Å². The molecule has 0 saturated heterocycles. The summed E-state index contributed by atoms with van der Waals surface area (Å²) < 4.78 is 0. The van der Waals surface area contributed by atoms with Crippen molar-refractivity contribution in [3.05, 3.63) is 34.9 Å². The van der Waals surface area contributed by atoms with Crippen LogP contribution >= 0.6 is 0 Å². The number of aldehydes is 2. The molecule has 0 radical (unpaired) electrons. The van der Waals surface area contributed by atoms with E-state index in [0.717, 1.165) is 0 Å². The van der Waals surface area contributed by atoms with E-state index in [2.05, 4.69) is 0 Å². The Hall–Kier alpha value is -2.03. The molecule has 0 aliphatic heterocycles. The van der Waals surface area contributed by atoms with Crippen LogP contribution in [0.2, 0.25) is 0 Å². The maximum atomic E-state index is 10.8. The normalized spacial score (nSPS) is 13.5. The van der Waals surface area contributed by atoms with Gasteiger partial charge in [-0.15, -0.1) is 0 Å². The molecule has 17 heavy (non-hydrogen) atoms. The van der Waals surface area contributed by atoms with E-state index in [1.807, 2.05) is 0 Å². The van der Waals surface area contributed by atoms with Crippen molar-refractivity contribution in [3.8, 4) is 6.07 Å². The van der Waals surface area contributed by atoms with Crippen LogP contribution in [0.1, 0.15) is 38.8 Å². The fourth-order valence-corrected chi connectivity index (χ4v) is 1.55. The maximum absolute atomic E-state index is 10.8. The largest absolute Gasteiger partial charge is 0.389 e. The molecule has 0 saturated carbocycles. The van der Waals surface area contributed by atoms with Crippen LogP contribution in [0.4, 0.5) is 0 Å². The van der Waals surface area contributed by atoms with Gasteiger partial charge in [0.2, 0.25) is 0 Å². The van der Waals surface area contributed by atoms with E-state index in [-0.39, 0.29) is 23.1 Å². The average molecular weight is 233 g/mol. The number of nitriles is 1. The number of carbonyl (C=O) groups is 2. The van der Waals surface area contributed by atoms with Gasteiger partial charge in [0.15, 0.2) is 0 Å². The SMILES string of the molecule is N#CCC(O)C(O)c1c(C=O)cccc1C=O. The van der Waals surface area contributed by atoms with Crippen molar-refractivity contribution in [2.24, 2.45) is 0 Å². The zero-order valence-electron chi connectivity index (χ0n) is 8.91. The van der Waals surface area contributed by atoms with Crippen LogP contribution in [0.3, 0.4) is 0 Å². The Morgan fingerprint density at radius 1 is 1.24 bits per heavy atom. The maximum Gasteiger partial charge on any atom is 0.150 e. The van der Waals surface area contributed by atoms with Gasteiger partial charge in [-0.25, -0.2) is 0 Å². The molecule has 0 amide bonds. The number of hydrogen-bond acceptors (Lipinski definition) is 5. The molecular weight excluding hydrogens is 222 g/mol. The van der Waals surface area contributed by atoms with Crippen molar-refractivity contribution in [3.63, 3.8) is 0 Å². The number of aliphatic hydroxyl groups excluding tert-OH is 2. The van der Waals surface area contributed by atoms with Gasteiger partial charge in [-0.1, -0.05) is 18.2 Å². The molecule has 0 heterocycles. The second-order valence-corrected chi connectivity index (χ2v) is 3.46. The second-order valence-electron chi connectivity index (χ2n) is 3.46. The molecule has 0 fully saturated rings. The Morgan fingerprint density at radius 3 is 2.18 bits per heavy atom. The molecule has 88 valence electrons. The summed E-state index contributed by atoms with van der Waals surface area (Å²) in [5.74, 6) is 0. The van der Waals surface area contributed by atoms with Crippen LogP contribution < -0.4 is 0 Å².